The van der Waals surface area contributed by atoms with Crippen molar-refractivity contribution in [2.45, 2.75) is 13.3 Å². The first-order valence-corrected chi connectivity index (χ1v) is 6.46. The van der Waals surface area contributed by atoms with Crippen molar-refractivity contribution < 1.29 is 0 Å². The van der Waals surface area contributed by atoms with Crippen molar-refractivity contribution in [1.29, 1.82) is 0 Å². The van der Waals surface area contributed by atoms with E-state index in [0.29, 0.717) is 4.60 Å². The van der Waals surface area contributed by atoms with Crippen LogP contribution in [0.25, 0.3) is 10.7 Å². The number of nitrogens with zero attached hydrogens (tertiary/aromatic N) is 5. The summed E-state index contributed by atoms with van der Waals surface area (Å²) in [4.78, 5) is 0. The van der Waals surface area contributed by atoms with Crippen LogP contribution in [-0.2, 0) is 7.05 Å². The fourth-order valence-corrected chi connectivity index (χ4v) is 2.67. The lowest BCUT2D eigenvalue weighted by Crippen LogP contribution is -1.98. The molecule has 0 radical (unpaired) electrons. The number of aryl methyl sites for hydroxylation is 1. The normalized spacial score (nSPS) is 10.7. The van der Waals surface area contributed by atoms with E-state index in [9.17, 15) is 0 Å². The van der Waals surface area contributed by atoms with Crippen LogP contribution in [0.2, 0.25) is 0 Å². The van der Waals surface area contributed by atoms with Gasteiger partial charge in [0.05, 0.1) is 0 Å². The highest BCUT2D eigenvalue weighted by atomic mass is 79.9. The molecule has 0 amide bonds. The van der Waals surface area contributed by atoms with Gasteiger partial charge in [0.15, 0.2) is 9.61 Å². The molecule has 2 rings (SSSR count). The number of nitrogens with one attached hydrogen (secondary N) is 1. The van der Waals surface area contributed by atoms with Crippen LogP contribution < -0.4 is 5.32 Å². The zero-order chi connectivity index (χ0) is 11.5. The van der Waals surface area contributed by atoms with Crippen molar-refractivity contribution in [3.05, 3.63) is 4.60 Å². The highest BCUT2D eigenvalue weighted by molar-refractivity contribution is 9.10. The molecule has 0 fully saturated rings. The second-order valence-corrected chi connectivity index (χ2v) is 4.92. The molecule has 0 atom stereocenters. The van der Waals surface area contributed by atoms with Crippen LogP contribution in [0.4, 0.5) is 5.13 Å². The number of rotatable bonds is 4. The second kappa shape index (κ2) is 4.88. The number of aromatic nitrogens is 5. The van der Waals surface area contributed by atoms with Gasteiger partial charge >= 0.3 is 0 Å². The average Bonchev–Trinajstić information content (AvgIpc) is 2.83. The molecule has 0 aromatic carbocycles. The van der Waals surface area contributed by atoms with E-state index in [2.05, 4.69) is 48.7 Å². The first-order valence-electron chi connectivity index (χ1n) is 4.85. The lowest BCUT2D eigenvalue weighted by molar-refractivity contribution is 0.719. The van der Waals surface area contributed by atoms with Gasteiger partial charge in [-0.1, -0.05) is 23.5 Å². The van der Waals surface area contributed by atoms with E-state index in [-0.39, 0.29) is 0 Å². The van der Waals surface area contributed by atoms with E-state index in [0.717, 1.165) is 28.8 Å². The Hall–Kier alpha value is -1.02. The molecule has 0 unspecified atom stereocenters. The zero-order valence-electron chi connectivity index (χ0n) is 8.94. The molecule has 1 N–H and O–H groups in total. The molecule has 0 aliphatic rings. The van der Waals surface area contributed by atoms with Crippen LogP contribution in [0.5, 0.6) is 0 Å². The van der Waals surface area contributed by atoms with Crippen molar-refractivity contribution in [2.24, 2.45) is 7.05 Å². The number of anilines is 1. The quantitative estimate of drug-likeness (QED) is 0.934. The van der Waals surface area contributed by atoms with Crippen LogP contribution in [-0.4, -0.2) is 31.7 Å². The first kappa shape index (κ1) is 11.5. The summed E-state index contributed by atoms with van der Waals surface area (Å²) in [6.07, 6.45) is 1.06. The third-order valence-electron chi connectivity index (χ3n) is 1.94. The van der Waals surface area contributed by atoms with E-state index >= 15 is 0 Å². The topological polar surface area (TPSA) is 68.5 Å². The minimum Gasteiger partial charge on any atom is -0.360 e. The van der Waals surface area contributed by atoms with Gasteiger partial charge in [-0.2, -0.15) is 0 Å². The van der Waals surface area contributed by atoms with Gasteiger partial charge in [0.1, 0.15) is 5.69 Å². The molecule has 2 aromatic rings. The molecule has 8 heteroatoms. The molecule has 0 aliphatic heterocycles. The Morgan fingerprint density at radius 3 is 2.81 bits per heavy atom. The lowest BCUT2D eigenvalue weighted by Gasteiger charge is -1.96. The maximum Gasteiger partial charge on any atom is 0.206 e. The van der Waals surface area contributed by atoms with Crippen LogP contribution in [0, 0.1) is 0 Å². The van der Waals surface area contributed by atoms with Gasteiger partial charge in [0.25, 0.3) is 0 Å². The maximum atomic E-state index is 4.11. The first-order chi connectivity index (χ1) is 7.72. The molecule has 6 nitrogen and oxygen atoms in total. The molecule has 0 spiro atoms. The molecule has 86 valence electrons. The molecule has 0 saturated heterocycles. The third-order valence-corrected chi connectivity index (χ3v) is 3.36. The highest BCUT2D eigenvalue weighted by Crippen LogP contribution is 2.29. The van der Waals surface area contributed by atoms with Gasteiger partial charge in [-0.3, -0.25) is 0 Å². The molecule has 2 aromatic heterocycles. The molecule has 0 aliphatic carbocycles. The largest absolute Gasteiger partial charge is 0.360 e. The van der Waals surface area contributed by atoms with Crippen molar-refractivity contribution >= 4 is 32.4 Å². The monoisotopic (exact) mass is 302 g/mol. The van der Waals surface area contributed by atoms with Crippen molar-refractivity contribution in [3.63, 3.8) is 0 Å². The predicted molar refractivity (Wildman–Crippen MR) is 66.4 cm³/mol. The van der Waals surface area contributed by atoms with E-state index < -0.39 is 0 Å². The van der Waals surface area contributed by atoms with Crippen molar-refractivity contribution in [3.8, 4) is 10.7 Å². The van der Waals surface area contributed by atoms with Gasteiger partial charge in [0, 0.05) is 13.6 Å². The Morgan fingerprint density at radius 1 is 1.38 bits per heavy atom. The van der Waals surface area contributed by atoms with Gasteiger partial charge in [-0.05, 0) is 22.4 Å². The van der Waals surface area contributed by atoms with Gasteiger partial charge < -0.3 is 5.32 Å². The molecule has 2 heterocycles. The van der Waals surface area contributed by atoms with Crippen LogP contribution in [0.1, 0.15) is 13.3 Å². The van der Waals surface area contributed by atoms with E-state index in [1.165, 1.54) is 11.3 Å². The maximum absolute atomic E-state index is 4.11. The predicted octanol–water partition coefficient (Wildman–Crippen LogP) is 1.92. The second-order valence-electron chi connectivity index (χ2n) is 3.19. The van der Waals surface area contributed by atoms with E-state index in [4.69, 9.17) is 0 Å². The minimum absolute atomic E-state index is 0.688. The Morgan fingerprint density at radius 2 is 2.19 bits per heavy atom. The summed E-state index contributed by atoms with van der Waals surface area (Å²) in [5.74, 6) is 0. The number of hydrogen-bond donors (Lipinski definition) is 1. The lowest BCUT2D eigenvalue weighted by atomic mass is 10.5. The van der Waals surface area contributed by atoms with Crippen LogP contribution in [0.3, 0.4) is 0 Å². The number of hydrogen-bond acceptors (Lipinski definition) is 6. The molecular weight excluding hydrogens is 292 g/mol. The SMILES string of the molecule is CCCNc1nnc(-c2c(Br)nnn2C)s1. The average molecular weight is 303 g/mol. The molecule has 16 heavy (non-hydrogen) atoms. The van der Waals surface area contributed by atoms with E-state index in [1.54, 1.807) is 4.68 Å². The summed E-state index contributed by atoms with van der Waals surface area (Å²) in [5, 5.41) is 20.8. The molecular formula is C8H11BrN6S. The summed E-state index contributed by atoms with van der Waals surface area (Å²) in [5.41, 5.74) is 0.849. The minimum atomic E-state index is 0.688. The van der Waals surface area contributed by atoms with E-state index in [1.807, 2.05) is 7.05 Å². The van der Waals surface area contributed by atoms with Gasteiger partial charge in [-0.25, -0.2) is 4.68 Å². The summed E-state index contributed by atoms with van der Waals surface area (Å²) in [6.45, 7) is 3.01. The summed E-state index contributed by atoms with van der Waals surface area (Å²) in [7, 11) is 1.83. The standard InChI is InChI=1S/C8H11BrN6S/c1-3-4-10-8-13-12-7(16-8)5-6(9)11-14-15(5)2/h3-4H2,1-2H3,(H,10,13). The third kappa shape index (κ3) is 2.22. The zero-order valence-corrected chi connectivity index (χ0v) is 11.3. The fraction of sp³-hybridized carbons (Fsp3) is 0.500. The Kier molecular flexibility index (Phi) is 3.49. The summed E-state index contributed by atoms with van der Waals surface area (Å²) >= 11 is 4.83. The summed E-state index contributed by atoms with van der Waals surface area (Å²) < 4.78 is 2.36. The summed E-state index contributed by atoms with van der Waals surface area (Å²) in [6, 6.07) is 0. The van der Waals surface area contributed by atoms with Crippen molar-refractivity contribution in [2.75, 3.05) is 11.9 Å². The smallest absolute Gasteiger partial charge is 0.206 e. The Labute approximate surface area is 105 Å². The van der Waals surface area contributed by atoms with Gasteiger partial charge in [-0.15, -0.1) is 15.3 Å². The molecule has 0 bridgehead atoms. The Balaban J connectivity index is 2.25. The highest BCUT2D eigenvalue weighted by Gasteiger charge is 2.15. The van der Waals surface area contributed by atoms with Crippen LogP contribution in [0.15, 0.2) is 4.60 Å². The van der Waals surface area contributed by atoms with Crippen LogP contribution >= 0.6 is 27.3 Å². The fourth-order valence-electron chi connectivity index (χ4n) is 1.18. The van der Waals surface area contributed by atoms with Crippen molar-refractivity contribution in [1.82, 2.24) is 25.2 Å². The molecule has 0 saturated carbocycles. The Bertz CT molecular complexity index is 459. The number of halogens is 1. The van der Waals surface area contributed by atoms with Gasteiger partial charge in [0.2, 0.25) is 5.13 Å².